The summed E-state index contributed by atoms with van der Waals surface area (Å²) in [6.07, 6.45) is 0. The highest BCUT2D eigenvalue weighted by Crippen LogP contribution is 2.28. The molecule has 0 aliphatic heterocycles. The Bertz CT molecular complexity index is 1410. The first-order chi connectivity index (χ1) is 16.3. The largest absolute Gasteiger partial charge is 0.497 e. The second kappa shape index (κ2) is 9.88. The molecule has 8 nitrogen and oxygen atoms in total. The van der Waals surface area contributed by atoms with Crippen LogP contribution in [0.15, 0.2) is 71.6 Å². The number of ether oxygens (including phenoxy) is 1. The van der Waals surface area contributed by atoms with Crippen LogP contribution >= 0.6 is 11.3 Å². The van der Waals surface area contributed by atoms with Crippen molar-refractivity contribution in [3.8, 4) is 16.3 Å². The number of nitrogens with one attached hydrogen (secondary N) is 2. The first-order valence-electron chi connectivity index (χ1n) is 10.6. The summed E-state index contributed by atoms with van der Waals surface area (Å²) in [5, 5.41) is 13.2. The summed E-state index contributed by atoms with van der Waals surface area (Å²) in [6, 6.07) is 18.6. The summed E-state index contributed by atoms with van der Waals surface area (Å²) in [6.45, 7) is 3.55. The molecule has 1 atom stereocenters. The molecule has 1 amide bonds. The number of anilines is 1. The maximum Gasteiger partial charge on any atom is 0.244 e. The van der Waals surface area contributed by atoms with Crippen molar-refractivity contribution in [2.24, 2.45) is 5.92 Å². The number of nitrogens with zero attached hydrogens (tertiary/aromatic N) is 2. The third-order valence-corrected chi connectivity index (χ3v) is 7.65. The van der Waals surface area contributed by atoms with E-state index in [9.17, 15) is 13.2 Å². The Kier molecular flexibility index (Phi) is 6.92. The van der Waals surface area contributed by atoms with Gasteiger partial charge in [0, 0.05) is 10.9 Å². The molecule has 0 saturated carbocycles. The molecular weight excluding hydrogens is 472 g/mol. The Labute approximate surface area is 202 Å². The fourth-order valence-electron chi connectivity index (χ4n) is 3.46. The summed E-state index contributed by atoms with van der Waals surface area (Å²) in [5.74, 6) is -0.0879. The Hall–Kier alpha value is -3.34. The number of fused-ring (bicyclic) bond motifs is 1. The monoisotopic (exact) mass is 496 g/mol. The van der Waals surface area contributed by atoms with Crippen molar-refractivity contribution in [3.05, 3.63) is 66.7 Å². The first-order valence-corrected chi connectivity index (χ1v) is 12.9. The van der Waals surface area contributed by atoms with Gasteiger partial charge in [0.05, 0.1) is 12.0 Å². The predicted molar refractivity (Wildman–Crippen MR) is 133 cm³/mol. The van der Waals surface area contributed by atoms with Gasteiger partial charge in [0.15, 0.2) is 0 Å². The minimum atomic E-state index is -3.97. The van der Waals surface area contributed by atoms with E-state index in [-0.39, 0.29) is 15.9 Å². The topological polar surface area (TPSA) is 110 Å². The van der Waals surface area contributed by atoms with E-state index in [1.54, 1.807) is 39.2 Å². The SMILES string of the molecule is COc1ccc(-c2nnc(NC(=O)C(NS(=O)(=O)c3cccc4ccccc34)C(C)C)s2)cc1. The Morgan fingerprint density at radius 1 is 0.971 bits per heavy atom. The highest BCUT2D eigenvalue weighted by molar-refractivity contribution is 7.89. The first kappa shape index (κ1) is 23.8. The van der Waals surface area contributed by atoms with E-state index in [1.807, 2.05) is 42.5 Å². The zero-order valence-electron chi connectivity index (χ0n) is 18.8. The van der Waals surface area contributed by atoms with Gasteiger partial charge in [-0.3, -0.25) is 10.1 Å². The van der Waals surface area contributed by atoms with E-state index in [0.717, 1.165) is 16.7 Å². The molecule has 1 heterocycles. The third kappa shape index (κ3) is 5.09. The van der Waals surface area contributed by atoms with Crippen LogP contribution in [0.4, 0.5) is 5.13 Å². The molecule has 0 fully saturated rings. The van der Waals surface area contributed by atoms with E-state index in [4.69, 9.17) is 4.74 Å². The number of hydrogen-bond donors (Lipinski definition) is 2. The molecule has 0 aliphatic carbocycles. The number of carbonyl (C=O) groups excluding carboxylic acids is 1. The van der Waals surface area contributed by atoms with Crippen LogP contribution in [-0.4, -0.2) is 37.7 Å². The number of aromatic nitrogens is 2. The van der Waals surface area contributed by atoms with Crippen LogP contribution in [0.3, 0.4) is 0 Å². The van der Waals surface area contributed by atoms with E-state index in [0.29, 0.717) is 10.4 Å². The molecular formula is C24H24N4O4S2. The molecule has 3 aromatic carbocycles. The predicted octanol–water partition coefficient (Wildman–Crippen LogP) is 4.31. The van der Waals surface area contributed by atoms with Gasteiger partial charge in [0.2, 0.25) is 21.1 Å². The number of hydrogen-bond acceptors (Lipinski definition) is 7. The molecule has 0 spiro atoms. The number of benzene rings is 3. The molecule has 0 aliphatic rings. The Morgan fingerprint density at radius 3 is 2.38 bits per heavy atom. The highest BCUT2D eigenvalue weighted by Gasteiger charge is 2.30. The van der Waals surface area contributed by atoms with Crippen LogP contribution in [0.25, 0.3) is 21.3 Å². The van der Waals surface area contributed by atoms with Crippen LogP contribution in [0.5, 0.6) is 5.75 Å². The summed E-state index contributed by atoms with van der Waals surface area (Å²) in [7, 11) is -2.38. The lowest BCUT2D eigenvalue weighted by Crippen LogP contribution is -2.47. The minimum Gasteiger partial charge on any atom is -0.497 e. The smallest absolute Gasteiger partial charge is 0.244 e. The van der Waals surface area contributed by atoms with Crippen molar-refractivity contribution in [3.63, 3.8) is 0 Å². The highest BCUT2D eigenvalue weighted by atomic mass is 32.2. The van der Waals surface area contributed by atoms with E-state index >= 15 is 0 Å². The summed E-state index contributed by atoms with van der Waals surface area (Å²) >= 11 is 1.20. The van der Waals surface area contributed by atoms with Crippen LogP contribution in [-0.2, 0) is 14.8 Å². The standard InChI is InChI=1S/C24H24N4O4S2/c1-15(2)21(28-34(30,31)20-10-6-8-16-7-4-5-9-19(16)20)22(29)25-24-27-26-23(33-24)17-11-13-18(32-3)14-12-17/h4-15,21,28H,1-3H3,(H,25,27,29). The average molecular weight is 497 g/mol. The van der Waals surface area contributed by atoms with Crippen molar-refractivity contribution in [2.75, 3.05) is 12.4 Å². The van der Waals surface area contributed by atoms with Crippen molar-refractivity contribution < 1.29 is 17.9 Å². The number of methoxy groups -OCH3 is 1. The van der Waals surface area contributed by atoms with Gasteiger partial charge in [0.1, 0.15) is 16.8 Å². The van der Waals surface area contributed by atoms with Gasteiger partial charge in [-0.1, -0.05) is 61.6 Å². The van der Waals surface area contributed by atoms with Gasteiger partial charge >= 0.3 is 0 Å². The maximum absolute atomic E-state index is 13.2. The molecule has 1 unspecified atom stereocenters. The van der Waals surface area contributed by atoms with Crippen molar-refractivity contribution in [1.29, 1.82) is 0 Å². The minimum absolute atomic E-state index is 0.127. The summed E-state index contributed by atoms with van der Waals surface area (Å²) in [4.78, 5) is 13.2. The zero-order chi connectivity index (χ0) is 24.3. The average Bonchev–Trinajstić information content (AvgIpc) is 3.30. The molecule has 0 bridgehead atoms. The normalized spacial score (nSPS) is 12.6. The van der Waals surface area contributed by atoms with E-state index in [1.165, 1.54) is 17.4 Å². The quantitative estimate of drug-likeness (QED) is 0.376. The second-order valence-electron chi connectivity index (χ2n) is 7.95. The summed E-state index contributed by atoms with van der Waals surface area (Å²) in [5.41, 5.74) is 0.830. The number of rotatable bonds is 8. The van der Waals surface area contributed by atoms with Gasteiger partial charge in [-0.2, -0.15) is 4.72 Å². The maximum atomic E-state index is 13.2. The molecule has 0 saturated heterocycles. The van der Waals surface area contributed by atoms with Gasteiger partial charge < -0.3 is 4.74 Å². The van der Waals surface area contributed by atoms with Gasteiger partial charge in [0.25, 0.3) is 0 Å². The van der Waals surface area contributed by atoms with E-state index in [2.05, 4.69) is 20.2 Å². The second-order valence-corrected chi connectivity index (χ2v) is 10.6. The van der Waals surface area contributed by atoms with Gasteiger partial charge in [-0.15, -0.1) is 10.2 Å². The Morgan fingerprint density at radius 2 is 1.68 bits per heavy atom. The third-order valence-electron chi connectivity index (χ3n) is 5.26. The van der Waals surface area contributed by atoms with Gasteiger partial charge in [-0.25, -0.2) is 8.42 Å². The van der Waals surface area contributed by atoms with Crippen molar-refractivity contribution >= 4 is 43.2 Å². The van der Waals surface area contributed by atoms with E-state index < -0.39 is 22.0 Å². The fourth-order valence-corrected chi connectivity index (χ4v) is 5.79. The molecule has 34 heavy (non-hydrogen) atoms. The van der Waals surface area contributed by atoms with Crippen LogP contribution in [0, 0.1) is 5.92 Å². The molecule has 4 aromatic rings. The molecule has 2 N–H and O–H groups in total. The number of carbonyl (C=O) groups is 1. The lowest BCUT2D eigenvalue weighted by molar-refractivity contribution is -0.118. The van der Waals surface area contributed by atoms with Crippen molar-refractivity contribution in [1.82, 2.24) is 14.9 Å². The van der Waals surface area contributed by atoms with Crippen LogP contribution < -0.4 is 14.8 Å². The molecule has 176 valence electrons. The molecule has 0 radical (unpaired) electrons. The lowest BCUT2D eigenvalue weighted by Gasteiger charge is -2.21. The van der Waals surface area contributed by atoms with Crippen LogP contribution in [0.1, 0.15) is 13.8 Å². The molecule has 1 aromatic heterocycles. The fraction of sp³-hybridized carbons (Fsp3) is 0.208. The Balaban J connectivity index is 1.53. The van der Waals surface area contributed by atoms with Gasteiger partial charge in [-0.05, 0) is 41.6 Å². The lowest BCUT2D eigenvalue weighted by atomic mass is 10.1. The molecule has 4 rings (SSSR count). The van der Waals surface area contributed by atoms with Crippen LogP contribution in [0.2, 0.25) is 0 Å². The number of sulfonamides is 1. The molecule has 10 heteroatoms. The zero-order valence-corrected chi connectivity index (χ0v) is 20.5. The number of amides is 1. The summed E-state index contributed by atoms with van der Waals surface area (Å²) < 4.78 is 34.2. The van der Waals surface area contributed by atoms with Crippen molar-refractivity contribution in [2.45, 2.75) is 24.8 Å².